The molecule has 1 aliphatic heterocycles. The molecule has 0 N–H and O–H groups in total. The third kappa shape index (κ3) is 2.72. The van der Waals surface area contributed by atoms with E-state index in [4.69, 9.17) is 16.0 Å². The van der Waals surface area contributed by atoms with Gasteiger partial charge in [0, 0.05) is 6.20 Å². The van der Waals surface area contributed by atoms with Crippen molar-refractivity contribution < 1.29 is 13.6 Å². The number of carbonyl (C=O) groups is 1. The average molecular weight is 407 g/mol. The number of amides is 1. The van der Waals surface area contributed by atoms with Gasteiger partial charge in [-0.2, -0.15) is 0 Å². The van der Waals surface area contributed by atoms with Gasteiger partial charge in [-0.3, -0.25) is 14.5 Å². The lowest BCUT2D eigenvalue weighted by Crippen LogP contribution is -2.30. The lowest BCUT2D eigenvalue weighted by atomic mass is 9.98. The van der Waals surface area contributed by atoms with E-state index >= 15 is 0 Å². The number of fused-ring (bicyclic) bond motifs is 2. The molecule has 3 heterocycles. The van der Waals surface area contributed by atoms with Gasteiger partial charge < -0.3 is 4.42 Å². The highest BCUT2D eigenvalue weighted by molar-refractivity contribution is 6.30. The molecule has 0 bridgehead atoms. The molecule has 1 atom stereocenters. The average Bonchev–Trinajstić information content (AvgIpc) is 3.02. The van der Waals surface area contributed by atoms with Crippen LogP contribution in [0.15, 0.2) is 76.1 Å². The van der Waals surface area contributed by atoms with Gasteiger partial charge in [0.05, 0.1) is 22.0 Å². The van der Waals surface area contributed by atoms with E-state index in [1.54, 1.807) is 48.5 Å². The van der Waals surface area contributed by atoms with Gasteiger partial charge >= 0.3 is 0 Å². The number of rotatable bonds is 2. The third-order valence-corrected chi connectivity index (χ3v) is 5.15. The molecule has 0 unspecified atom stereocenters. The zero-order valence-electron chi connectivity index (χ0n) is 14.8. The second-order valence-corrected chi connectivity index (χ2v) is 7.07. The first-order valence-corrected chi connectivity index (χ1v) is 9.19. The molecule has 142 valence electrons. The van der Waals surface area contributed by atoms with E-state index in [-0.39, 0.29) is 16.8 Å². The lowest BCUT2D eigenvalue weighted by Gasteiger charge is -2.24. The lowest BCUT2D eigenvalue weighted by molar-refractivity contribution is 0.0970. The molecule has 1 amide bonds. The minimum Gasteiger partial charge on any atom is -0.450 e. The molecule has 1 aliphatic rings. The molecular weight excluding hydrogens is 395 g/mol. The molecule has 5 nitrogen and oxygen atoms in total. The maximum Gasteiger partial charge on any atom is 0.296 e. The van der Waals surface area contributed by atoms with E-state index in [0.717, 1.165) is 0 Å². The maximum absolute atomic E-state index is 13.5. The van der Waals surface area contributed by atoms with Crippen molar-refractivity contribution in [1.82, 2.24) is 4.98 Å². The van der Waals surface area contributed by atoms with Crippen molar-refractivity contribution in [2.24, 2.45) is 0 Å². The number of pyridine rings is 1. The second-order valence-electron chi connectivity index (χ2n) is 6.63. The summed E-state index contributed by atoms with van der Waals surface area (Å²) < 4.78 is 19.3. The van der Waals surface area contributed by atoms with Gasteiger partial charge in [-0.05, 0) is 42.0 Å². The molecule has 4 aromatic rings. The normalized spacial score (nSPS) is 15.7. The quantitative estimate of drug-likeness (QED) is 0.482. The molecule has 0 spiro atoms. The van der Waals surface area contributed by atoms with Gasteiger partial charge in [-0.25, -0.2) is 9.37 Å². The first-order chi connectivity index (χ1) is 14.0. The summed E-state index contributed by atoms with van der Waals surface area (Å²) in [5.41, 5.74) is 0.796. The monoisotopic (exact) mass is 406 g/mol. The zero-order chi connectivity index (χ0) is 20.1. The summed E-state index contributed by atoms with van der Waals surface area (Å²) >= 11 is 5.93. The van der Waals surface area contributed by atoms with Crippen LogP contribution in [0, 0.1) is 5.82 Å². The van der Waals surface area contributed by atoms with Gasteiger partial charge in [-0.15, -0.1) is 0 Å². The summed E-state index contributed by atoms with van der Waals surface area (Å²) in [5.74, 6) is -0.643. The maximum atomic E-state index is 13.5. The van der Waals surface area contributed by atoms with E-state index in [1.807, 2.05) is 0 Å². The van der Waals surface area contributed by atoms with Gasteiger partial charge in [0.15, 0.2) is 5.43 Å². The minimum atomic E-state index is -0.798. The van der Waals surface area contributed by atoms with Gasteiger partial charge in [0.2, 0.25) is 5.76 Å². The SMILES string of the molecule is O=C1c2oc3ccccc3c(=O)c2[C@@H](c2ccc(F)cc2)N1c1ccc(Cl)cn1. The van der Waals surface area contributed by atoms with E-state index in [0.29, 0.717) is 27.4 Å². The Kier molecular flexibility index (Phi) is 3.96. The number of aromatic nitrogens is 1. The summed E-state index contributed by atoms with van der Waals surface area (Å²) in [6.07, 6.45) is 1.42. The number of para-hydroxylation sites is 1. The molecule has 0 radical (unpaired) electrons. The van der Waals surface area contributed by atoms with Crippen LogP contribution in [0.5, 0.6) is 0 Å². The Bertz CT molecular complexity index is 1320. The van der Waals surface area contributed by atoms with Crippen LogP contribution in [0.3, 0.4) is 0 Å². The van der Waals surface area contributed by atoms with Crippen molar-refractivity contribution in [3.63, 3.8) is 0 Å². The molecule has 2 aromatic carbocycles. The van der Waals surface area contributed by atoms with Crippen molar-refractivity contribution in [1.29, 1.82) is 0 Å². The van der Waals surface area contributed by atoms with Gasteiger partial charge in [0.1, 0.15) is 17.2 Å². The van der Waals surface area contributed by atoms with Crippen LogP contribution in [0.25, 0.3) is 11.0 Å². The van der Waals surface area contributed by atoms with Crippen LogP contribution >= 0.6 is 11.6 Å². The minimum absolute atomic E-state index is 0.0419. The smallest absolute Gasteiger partial charge is 0.296 e. The van der Waals surface area contributed by atoms with Crippen molar-refractivity contribution in [2.45, 2.75) is 6.04 Å². The largest absolute Gasteiger partial charge is 0.450 e. The molecule has 5 rings (SSSR count). The van der Waals surface area contributed by atoms with E-state index in [9.17, 15) is 14.0 Å². The number of anilines is 1. The Balaban J connectivity index is 1.81. The number of hydrogen-bond donors (Lipinski definition) is 0. The number of carbonyl (C=O) groups excluding carboxylic acids is 1. The predicted octanol–water partition coefficient (Wildman–Crippen LogP) is 4.73. The molecule has 0 aliphatic carbocycles. The van der Waals surface area contributed by atoms with Crippen molar-refractivity contribution in [2.75, 3.05) is 4.90 Å². The first-order valence-electron chi connectivity index (χ1n) is 8.81. The fourth-order valence-electron chi connectivity index (χ4n) is 3.63. The van der Waals surface area contributed by atoms with E-state index < -0.39 is 17.8 Å². The molecule has 29 heavy (non-hydrogen) atoms. The standard InChI is InChI=1S/C22H12ClFN2O3/c23-13-7-10-17(25-11-13)26-19(12-5-8-14(24)9-6-12)18-20(27)15-3-1-2-4-16(15)29-21(18)22(26)28/h1-11,19H/t19-/m1/s1. The van der Waals surface area contributed by atoms with Crippen LogP contribution in [0.4, 0.5) is 10.2 Å². The number of halogens is 2. The first kappa shape index (κ1) is 17.6. The second kappa shape index (κ2) is 6.53. The van der Waals surface area contributed by atoms with Crippen LogP contribution in [0.2, 0.25) is 5.02 Å². The van der Waals surface area contributed by atoms with Crippen molar-refractivity contribution >= 4 is 34.3 Å². The van der Waals surface area contributed by atoms with E-state index in [1.165, 1.54) is 23.2 Å². The number of benzene rings is 2. The highest BCUT2D eigenvalue weighted by atomic mass is 35.5. The Morgan fingerprint density at radius 3 is 2.48 bits per heavy atom. The fraction of sp³-hybridized carbons (Fsp3) is 0.0455. The van der Waals surface area contributed by atoms with Gasteiger partial charge in [-0.1, -0.05) is 35.9 Å². The summed E-state index contributed by atoms with van der Waals surface area (Å²) in [6.45, 7) is 0. The molecule has 2 aromatic heterocycles. The zero-order valence-corrected chi connectivity index (χ0v) is 15.6. The topological polar surface area (TPSA) is 63.4 Å². The Morgan fingerprint density at radius 1 is 1.00 bits per heavy atom. The van der Waals surface area contributed by atoms with Crippen LogP contribution in [-0.4, -0.2) is 10.9 Å². The Morgan fingerprint density at radius 2 is 1.76 bits per heavy atom. The van der Waals surface area contributed by atoms with Gasteiger partial charge in [0.25, 0.3) is 5.91 Å². The van der Waals surface area contributed by atoms with Crippen LogP contribution < -0.4 is 10.3 Å². The Labute approximate surface area is 169 Å². The van der Waals surface area contributed by atoms with Crippen LogP contribution in [-0.2, 0) is 0 Å². The fourth-order valence-corrected chi connectivity index (χ4v) is 3.74. The molecule has 7 heteroatoms. The van der Waals surface area contributed by atoms with Crippen LogP contribution in [0.1, 0.15) is 27.7 Å². The summed E-state index contributed by atoms with van der Waals surface area (Å²) in [4.78, 5) is 32.2. The van der Waals surface area contributed by atoms with E-state index in [2.05, 4.69) is 4.98 Å². The molecule has 0 fully saturated rings. The summed E-state index contributed by atoms with van der Waals surface area (Å²) in [6, 6.07) is 14.8. The van der Waals surface area contributed by atoms with Crippen molar-refractivity contribution in [3.8, 4) is 0 Å². The predicted molar refractivity (Wildman–Crippen MR) is 107 cm³/mol. The highest BCUT2D eigenvalue weighted by Crippen LogP contribution is 2.40. The number of nitrogens with zero attached hydrogens (tertiary/aromatic N) is 2. The summed E-state index contributed by atoms with van der Waals surface area (Å²) in [5, 5.41) is 0.785. The molecule has 0 saturated carbocycles. The highest BCUT2D eigenvalue weighted by Gasteiger charge is 2.44. The molecule has 0 saturated heterocycles. The summed E-state index contributed by atoms with van der Waals surface area (Å²) in [7, 11) is 0. The van der Waals surface area contributed by atoms with Crippen molar-refractivity contribution in [3.05, 3.63) is 105 Å². The third-order valence-electron chi connectivity index (χ3n) is 4.92. The Hall–Kier alpha value is -3.51. The molecular formula is C22H12ClFN2O3. The number of hydrogen-bond acceptors (Lipinski definition) is 4.